The van der Waals surface area contributed by atoms with Crippen molar-refractivity contribution in [3.05, 3.63) is 53.3 Å². The van der Waals surface area contributed by atoms with Gasteiger partial charge in [0.15, 0.2) is 0 Å². The van der Waals surface area contributed by atoms with Crippen LogP contribution < -0.4 is 10.1 Å². The van der Waals surface area contributed by atoms with Crippen molar-refractivity contribution < 1.29 is 9.53 Å². The van der Waals surface area contributed by atoms with Crippen molar-refractivity contribution >= 4 is 22.8 Å². The van der Waals surface area contributed by atoms with Crippen LogP contribution in [0, 0.1) is 13.8 Å². The number of nitrogens with one attached hydrogen (secondary N) is 2. The Balaban J connectivity index is 1.48. The zero-order valence-electron chi connectivity index (χ0n) is 16.6. The molecule has 1 aliphatic heterocycles. The molecule has 1 atom stereocenters. The summed E-state index contributed by atoms with van der Waals surface area (Å²) < 4.78 is 5.23. The topological polar surface area (TPSA) is 70.2 Å². The third-order valence-corrected chi connectivity index (χ3v) is 5.53. The van der Waals surface area contributed by atoms with Crippen molar-refractivity contribution in [2.75, 3.05) is 25.5 Å². The summed E-state index contributed by atoms with van der Waals surface area (Å²) >= 11 is 0. The number of anilines is 1. The maximum Gasteiger partial charge on any atom is 0.321 e. The molecule has 0 saturated carbocycles. The maximum atomic E-state index is 12.7. The Morgan fingerprint density at radius 2 is 2.07 bits per heavy atom. The number of nitrogens with zero attached hydrogens (tertiary/aromatic N) is 2. The summed E-state index contributed by atoms with van der Waals surface area (Å²) in [6, 6.07) is 11.6. The van der Waals surface area contributed by atoms with Gasteiger partial charge >= 0.3 is 6.03 Å². The van der Waals surface area contributed by atoms with Gasteiger partial charge in [0.2, 0.25) is 0 Å². The number of carbonyl (C=O) groups is 1. The number of aryl methyl sites for hydroxylation is 2. The largest absolute Gasteiger partial charge is 0.497 e. The molecule has 4 rings (SSSR count). The van der Waals surface area contributed by atoms with Crippen LogP contribution in [0.5, 0.6) is 5.75 Å². The second-order valence-electron chi connectivity index (χ2n) is 7.52. The van der Waals surface area contributed by atoms with Crippen LogP contribution in [0.4, 0.5) is 10.5 Å². The van der Waals surface area contributed by atoms with Crippen molar-refractivity contribution in [3.63, 3.8) is 0 Å². The number of hydrogen-bond donors (Lipinski definition) is 2. The fourth-order valence-electron chi connectivity index (χ4n) is 3.77. The van der Waals surface area contributed by atoms with Crippen molar-refractivity contribution in [3.8, 4) is 5.75 Å². The summed E-state index contributed by atoms with van der Waals surface area (Å²) in [5.74, 6) is 1.92. The molecule has 6 heteroatoms. The number of fused-ring (bicyclic) bond motifs is 1. The Morgan fingerprint density at radius 1 is 1.25 bits per heavy atom. The number of methoxy groups -OCH3 is 1. The lowest BCUT2D eigenvalue weighted by molar-refractivity contribution is 0.191. The summed E-state index contributed by atoms with van der Waals surface area (Å²) in [5.41, 5.74) is 5.30. The van der Waals surface area contributed by atoms with E-state index >= 15 is 0 Å². The summed E-state index contributed by atoms with van der Waals surface area (Å²) in [4.78, 5) is 22.9. The van der Waals surface area contributed by atoms with Crippen LogP contribution in [0.15, 0.2) is 36.4 Å². The van der Waals surface area contributed by atoms with E-state index in [1.54, 1.807) is 7.11 Å². The maximum absolute atomic E-state index is 12.7. The number of ether oxygens (including phenoxy) is 1. The molecule has 2 amide bonds. The molecule has 2 heterocycles. The van der Waals surface area contributed by atoms with Gasteiger partial charge in [0.05, 0.1) is 18.1 Å². The normalized spacial score (nSPS) is 17.0. The average Bonchev–Trinajstić information content (AvgIpc) is 3.11. The number of hydrogen-bond acceptors (Lipinski definition) is 3. The monoisotopic (exact) mass is 378 g/mol. The molecule has 1 fully saturated rings. The Bertz CT molecular complexity index is 972. The number of carbonyl (C=O) groups excluding carboxylic acids is 1. The predicted octanol–water partition coefficient (Wildman–Crippen LogP) is 4.60. The van der Waals surface area contributed by atoms with Crippen LogP contribution in [-0.2, 0) is 0 Å². The average molecular weight is 378 g/mol. The van der Waals surface area contributed by atoms with Crippen LogP contribution in [0.3, 0.4) is 0 Å². The lowest BCUT2D eigenvalue weighted by Crippen LogP contribution is -2.41. The first-order valence-electron chi connectivity index (χ1n) is 9.70. The number of aromatic nitrogens is 2. The molecule has 0 spiro atoms. The molecule has 28 heavy (non-hydrogen) atoms. The molecule has 0 aliphatic carbocycles. The van der Waals surface area contributed by atoms with Crippen LogP contribution in [0.1, 0.15) is 35.7 Å². The summed E-state index contributed by atoms with van der Waals surface area (Å²) in [6.45, 7) is 5.63. The van der Waals surface area contributed by atoms with E-state index in [1.807, 2.05) is 29.2 Å². The van der Waals surface area contributed by atoms with E-state index in [2.05, 4.69) is 36.3 Å². The number of urea groups is 1. The van der Waals surface area contributed by atoms with Gasteiger partial charge in [-0.3, -0.25) is 0 Å². The van der Waals surface area contributed by atoms with Crippen molar-refractivity contribution in [2.45, 2.75) is 32.6 Å². The van der Waals surface area contributed by atoms with Gasteiger partial charge in [-0.25, -0.2) is 9.78 Å². The number of amides is 2. The molecule has 6 nitrogen and oxygen atoms in total. The second kappa shape index (κ2) is 7.54. The molecule has 1 aliphatic rings. The lowest BCUT2D eigenvalue weighted by atomic mass is 9.97. The first-order valence-corrected chi connectivity index (χ1v) is 9.70. The molecule has 2 N–H and O–H groups in total. The van der Waals surface area contributed by atoms with Gasteiger partial charge in [-0.15, -0.1) is 0 Å². The molecule has 146 valence electrons. The van der Waals surface area contributed by atoms with E-state index in [-0.39, 0.29) is 11.9 Å². The molecule has 0 unspecified atom stereocenters. The Morgan fingerprint density at radius 3 is 2.89 bits per heavy atom. The van der Waals surface area contributed by atoms with E-state index < -0.39 is 0 Å². The van der Waals surface area contributed by atoms with Crippen LogP contribution in [-0.4, -0.2) is 41.1 Å². The van der Waals surface area contributed by atoms with Gasteiger partial charge in [0.1, 0.15) is 11.6 Å². The number of imidazole rings is 1. The third kappa shape index (κ3) is 3.67. The third-order valence-electron chi connectivity index (χ3n) is 5.53. The Hall–Kier alpha value is -3.02. The quantitative estimate of drug-likeness (QED) is 0.700. The van der Waals surface area contributed by atoms with E-state index in [9.17, 15) is 4.79 Å². The van der Waals surface area contributed by atoms with E-state index in [1.165, 1.54) is 11.1 Å². The van der Waals surface area contributed by atoms with E-state index in [0.717, 1.165) is 47.7 Å². The van der Waals surface area contributed by atoms with Crippen molar-refractivity contribution in [2.24, 2.45) is 0 Å². The highest BCUT2D eigenvalue weighted by Crippen LogP contribution is 2.28. The van der Waals surface area contributed by atoms with Crippen LogP contribution >= 0.6 is 0 Å². The van der Waals surface area contributed by atoms with Gasteiger partial charge in [-0.2, -0.15) is 0 Å². The minimum Gasteiger partial charge on any atom is -0.497 e. The van der Waals surface area contributed by atoms with Crippen LogP contribution in [0.25, 0.3) is 11.0 Å². The standard InChI is InChI=1S/C22H26N4O2/c1-14-10-19-20(11-15(14)2)25-21(24-19)16-6-5-9-26(13-16)22(27)23-17-7-4-8-18(12-17)28-3/h4,7-8,10-12,16H,5-6,9,13H2,1-3H3,(H,23,27)(H,24,25)/t16-/m0/s1. The lowest BCUT2D eigenvalue weighted by Gasteiger charge is -2.31. The van der Waals surface area contributed by atoms with Crippen molar-refractivity contribution in [1.82, 2.24) is 14.9 Å². The molecule has 3 aromatic rings. The second-order valence-corrected chi connectivity index (χ2v) is 7.52. The van der Waals surface area contributed by atoms with Gasteiger partial charge in [0, 0.05) is 30.8 Å². The number of aromatic amines is 1. The number of likely N-dealkylation sites (tertiary alicyclic amines) is 1. The number of benzene rings is 2. The van der Waals surface area contributed by atoms with Crippen LogP contribution in [0.2, 0.25) is 0 Å². The van der Waals surface area contributed by atoms with Gasteiger partial charge in [-0.1, -0.05) is 6.07 Å². The zero-order valence-corrected chi connectivity index (χ0v) is 16.6. The van der Waals surface area contributed by atoms with E-state index in [0.29, 0.717) is 6.54 Å². The number of piperidine rings is 1. The molecular weight excluding hydrogens is 352 g/mol. The first-order chi connectivity index (χ1) is 13.5. The molecule has 0 radical (unpaired) electrons. The SMILES string of the molecule is COc1cccc(NC(=O)N2CCC[C@H](c3nc4cc(C)c(C)cc4[nH]3)C2)c1. The Kier molecular flexibility index (Phi) is 4.94. The predicted molar refractivity (Wildman–Crippen MR) is 111 cm³/mol. The minimum atomic E-state index is -0.0826. The highest BCUT2D eigenvalue weighted by Gasteiger charge is 2.27. The molecule has 0 bridgehead atoms. The van der Waals surface area contributed by atoms with Gasteiger partial charge in [-0.05, 0) is 62.1 Å². The van der Waals surface area contributed by atoms with Gasteiger partial charge in [0.25, 0.3) is 0 Å². The van der Waals surface area contributed by atoms with Crippen molar-refractivity contribution in [1.29, 1.82) is 0 Å². The smallest absolute Gasteiger partial charge is 0.321 e. The Labute approximate surface area is 164 Å². The summed E-state index contributed by atoms with van der Waals surface area (Å²) in [7, 11) is 1.62. The molecule has 1 aromatic heterocycles. The molecular formula is C22H26N4O2. The number of H-pyrrole nitrogens is 1. The molecule has 2 aromatic carbocycles. The zero-order chi connectivity index (χ0) is 19.7. The van der Waals surface area contributed by atoms with Gasteiger partial charge < -0.3 is 19.9 Å². The fourth-order valence-corrected chi connectivity index (χ4v) is 3.77. The number of rotatable bonds is 3. The van der Waals surface area contributed by atoms with E-state index in [4.69, 9.17) is 9.72 Å². The summed E-state index contributed by atoms with van der Waals surface area (Å²) in [5, 5.41) is 2.98. The first kappa shape index (κ1) is 18.3. The summed E-state index contributed by atoms with van der Waals surface area (Å²) in [6.07, 6.45) is 1.99. The molecule has 1 saturated heterocycles. The highest BCUT2D eigenvalue weighted by atomic mass is 16.5. The minimum absolute atomic E-state index is 0.0826. The highest BCUT2D eigenvalue weighted by molar-refractivity contribution is 5.89. The fraction of sp³-hybridized carbons (Fsp3) is 0.364.